The number of hydrogen-bond donors (Lipinski definition) is 7. The zero-order chi connectivity index (χ0) is 23.4. The van der Waals surface area contributed by atoms with Crippen LogP contribution in [0.3, 0.4) is 0 Å². The minimum atomic E-state index is -2.91. The van der Waals surface area contributed by atoms with Crippen LogP contribution < -0.4 is 16.2 Å². The van der Waals surface area contributed by atoms with E-state index in [-0.39, 0.29) is 5.56 Å². The number of rotatable bonds is 9. The van der Waals surface area contributed by atoms with E-state index in [1.165, 1.54) is 34.4 Å². The van der Waals surface area contributed by atoms with E-state index in [0.29, 0.717) is 23.1 Å². The van der Waals surface area contributed by atoms with Crippen LogP contribution in [0.4, 0.5) is 0 Å². The van der Waals surface area contributed by atoms with E-state index in [4.69, 9.17) is 10.5 Å². The Bertz CT molecular complexity index is 746. The number of likely N-dealkylation sites (N-methyl/N-ethyl adjacent to an activating group) is 1. The first kappa shape index (κ1) is 27.9. The van der Waals surface area contributed by atoms with Gasteiger partial charge in [-0.25, -0.2) is 0 Å². The summed E-state index contributed by atoms with van der Waals surface area (Å²) in [6, 6.07) is 5.08. The monoisotopic (exact) mass is 428 g/mol. The molecule has 0 fully saturated rings. The molecule has 10 heteroatoms. The highest BCUT2D eigenvalue weighted by molar-refractivity contribution is 5.90. The Morgan fingerprint density at radius 1 is 1.13 bits per heavy atom. The molecule has 0 amide bonds. The van der Waals surface area contributed by atoms with Gasteiger partial charge in [0, 0.05) is 23.7 Å². The van der Waals surface area contributed by atoms with Gasteiger partial charge in [0.1, 0.15) is 12.0 Å². The third kappa shape index (κ3) is 6.74. The Labute approximate surface area is 177 Å². The quantitative estimate of drug-likeness (QED) is 0.162. The van der Waals surface area contributed by atoms with Crippen molar-refractivity contribution < 1.29 is 30.0 Å². The molecule has 0 aliphatic heterocycles. The maximum atomic E-state index is 10.2. The average molecular weight is 429 g/mol. The second-order valence-corrected chi connectivity index (χ2v) is 6.59. The van der Waals surface area contributed by atoms with Crippen LogP contribution in [0.1, 0.15) is 31.2 Å². The summed E-state index contributed by atoms with van der Waals surface area (Å²) in [5.41, 5.74) is 10.2. The molecule has 10 nitrogen and oxygen atoms in total. The van der Waals surface area contributed by atoms with Gasteiger partial charge in [0.15, 0.2) is 0 Å². The standard InChI is InChI=1S/C13H18N2O5.C6H13NO.CH5N/c1-15(2)13(18,19)12(16,17)8-7-14-9-5-4-6-10(20-3)11(8)9;7-5-3-1-2-4-6-8;1-2/h4-7,14,16-19H,1-3H3;6H,1-5,7H2;2H2,1H3. The van der Waals surface area contributed by atoms with Crippen LogP contribution in [0, 0.1) is 0 Å². The SMILES string of the molecule is CN.COc1cccc2[nH]cc(C(O)(O)C(O)(O)N(C)C)c12.NCCCCCC=O. The van der Waals surface area contributed by atoms with Crippen molar-refractivity contribution in [3.8, 4) is 5.75 Å². The number of unbranched alkanes of at least 4 members (excludes halogenated alkanes) is 3. The summed E-state index contributed by atoms with van der Waals surface area (Å²) >= 11 is 0. The minimum Gasteiger partial charge on any atom is -0.496 e. The van der Waals surface area contributed by atoms with Crippen LogP contribution in [0.15, 0.2) is 24.4 Å². The van der Waals surface area contributed by atoms with Crippen LogP contribution in [0.5, 0.6) is 5.75 Å². The van der Waals surface area contributed by atoms with Crippen molar-refractivity contribution in [3.63, 3.8) is 0 Å². The third-order valence-electron chi connectivity index (χ3n) is 4.38. The average Bonchev–Trinajstić information content (AvgIpc) is 3.18. The number of hydrogen-bond acceptors (Lipinski definition) is 9. The molecule has 9 N–H and O–H groups in total. The Balaban J connectivity index is 0.000000712. The topological polar surface area (TPSA) is 178 Å². The Kier molecular flexibility index (Phi) is 12.4. The van der Waals surface area contributed by atoms with Crippen LogP contribution in [-0.2, 0) is 10.6 Å². The van der Waals surface area contributed by atoms with Crippen LogP contribution in [0.2, 0.25) is 0 Å². The number of carbonyl (C=O) groups excluding carboxylic acids is 1. The van der Waals surface area contributed by atoms with Crippen LogP contribution >= 0.6 is 0 Å². The molecule has 0 atom stereocenters. The van der Waals surface area contributed by atoms with Crippen molar-refractivity contribution in [3.05, 3.63) is 30.0 Å². The van der Waals surface area contributed by atoms with Crippen molar-refractivity contribution in [2.75, 3.05) is 34.8 Å². The van der Waals surface area contributed by atoms with E-state index in [0.717, 1.165) is 37.0 Å². The van der Waals surface area contributed by atoms with E-state index >= 15 is 0 Å². The molecule has 0 aliphatic carbocycles. The number of nitrogens with two attached hydrogens (primary N) is 2. The van der Waals surface area contributed by atoms with E-state index in [1.54, 1.807) is 18.2 Å². The van der Waals surface area contributed by atoms with Gasteiger partial charge in [-0.05, 0) is 52.7 Å². The molecule has 0 aliphatic rings. The molecule has 0 saturated heterocycles. The number of fused-ring (bicyclic) bond motifs is 1. The van der Waals surface area contributed by atoms with Crippen molar-refractivity contribution >= 4 is 17.2 Å². The van der Waals surface area contributed by atoms with E-state index < -0.39 is 11.7 Å². The summed E-state index contributed by atoms with van der Waals surface area (Å²) < 4.78 is 5.18. The van der Waals surface area contributed by atoms with Crippen LogP contribution in [0.25, 0.3) is 10.9 Å². The molecule has 2 aromatic rings. The lowest BCUT2D eigenvalue weighted by Gasteiger charge is -2.38. The molecule has 0 unspecified atom stereocenters. The number of aromatic nitrogens is 1. The fraction of sp³-hybridized carbons (Fsp3) is 0.550. The Morgan fingerprint density at radius 3 is 2.27 bits per heavy atom. The van der Waals surface area contributed by atoms with Gasteiger partial charge in [0.2, 0.25) is 0 Å². The smallest absolute Gasteiger partial charge is 0.286 e. The van der Waals surface area contributed by atoms with Gasteiger partial charge in [-0.15, -0.1) is 0 Å². The molecule has 0 saturated carbocycles. The largest absolute Gasteiger partial charge is 0.496 e. The molecule has 0 radical (unpaired) electrons. The normalized spacial score (nSPS) is 11.4. The summed E-state index contributed by atoms with van der Waals surface area (Å²) in [7, 11) is 5.57. The fourth-order valence-corrected chi connectivity index (χ4v) is 2.64. The number of nitrogens with one attached hydrogen (secondary N) is 1. The number of benzene rings is 1. The molecule has 1 aromatic carbocycles. The highest BCUT2D eigenvalue weighted by atomic mass is 16.6. The molecule has 1 heterocycles. The van der Waals surface area contributed by atoms with Gasteiger partial charge < -0.3 is 46.4 Å². The van der Waals surface area contributed by atoms with E-state index in [9.17, 15) is 25.2 Å². The second-order valence-electron chi connectivity index (χ2n) is 6.59. The zero-order valence-electron chi connectivity index (χ0n) is 18.1. The molecule has 0 spiro atoms. The van der Waals surface area contributed by atoms with Crippen molar-refractivity contribution in [1.82, 2.24) is 9.88 Å². The minimum absolute atomic E-state index is 0.0938. The second kappa shape index (κ2) is 13.3. The molecule has 172 valence electrons. The van der Waals surface area contributed by atoms with Crippen molar-refractivity contribution in [2.45, 2.75) is 37.4 Å². The fourth-order valence-electron chi connectivity index (χ4n) is 2.64. The molecular weight excluding hydrogens is 392 g/mol. The number of ether oxygens (including phenoxy) is 1. The van der Waals surface area contributed by atoms with Crippen LogP contribution in [-0.4, -0.2) is 77.3 Å². The predicted octanol–water partition coefficient (Wildman–Crippen LogP) is -0.207. The summed E-state index contributed by atoms with van der Waals surface area (Å²) in [6.45, 7) is 0.749. The van der Waals surface area contributed by atoms with E-state index in [2.05, 4.69) is 10.7 Å². The lowest BCUT2D eigenvalue weighted by molar-refractivity contribution is -0.413. The van der Waals surface area contributed by atoms with Gasteiger partial charge in [-0.2, -0.15) is 0 Å². The summed E-state index contributed by atoms with van der Waals surface area (Å²) in [5.74, 6) is -5.40. The van der Waals surface area contributed by atoms with Crippen molar-refractivity contribution in [1.29, 1.82) is 0 Å². The predicted molar refractivity (Wildman–Crippen MR) is 116 cm³/mol. The molecule has 2 rings (SSSR count). The Hall–Kier alpha value is -2.05. The van der Waals surface area contributed by atoms with Gasteiger partial charge in [-0.1, -0.05) is 12.5 Å². The van der Waals surface area contributed by atoms with Gasteiger partial charge in [0.05, 0.1) is 12.5 Å². The summed E-state index contributed by atoms with van der Waals surface area (Å²) in [6.07, 6.45) is 6.10. The lowest BCUT2D eigenvalue weighted by Crippen LogP contribution is -2.60. The highest BCUT2D eigenvalue weighted by Gasteiger charge is 2.52. The molecular formula is C20H36N4O6. The van der Waals surface area contributed by atoms with Crippen molar-refractivity contribution in [2.24, 2.45) is 11.5 Å². The van der Waals surface area contributed by atoms with Gasteiger partial charge >= 0.3 is 0 Å². The number of nitrogens with zero attached hydrogens (tertiary/aromatic N) is 1. The highest BCUT2D eigenvalue weighted by Crippen LogP contribution is 2.38. The summed E-state index contributed by atoms with van der Waals surface area (Å²) in [4.78, 5) is 13.5. The number of aromatic amines is 1. The van der Waals surface area contributed by atoms with E-state index in [1.807, 2.05) is 0 Å². The molecule has 0 bridgehead atoms. The maximum absolute atomic E-state index is 10.2. The number of methoxy groups -OCH3 is 1. The first-order valence-electron chi connectivity index (χ1n) is 9.58. The number of H-pyrrole nitrogens is 1. The number of carbonyl (C=O) groups is 1. The summed E-state index contributed by atoms with van der Waals surface area (Å²) in [5, 5.41) is 40.7. The van der Waals surface area contributed by atoms with Gasteiger partial charge in [-0.3, -0.25) is 4.90 Å². The first-order chi connectivity index (χ1) is 14.1. The lowest BCUT2D eigenvalue weighted by atomic mass is 10.00. The van der Waals surface area contributed by atoms with Gasteiger partial charge in [0.25, 0.3) is 11.7 Å². The zero-order valence-corrected chi connectivity index (χ0v) is 18.1. The molecule has 1 aromatic heterocycles. The first-order valence-corrected chi connectivity index (χ1v) is 9.58. The number of aldehydes is 1. The Morgan fingerprint density at radius 2 is 1.77 bits per heavy atom. The maximum Gasteiger partial charge on any atom is 0.286 e. The third-order valence-corrected chi connectivity index (χ3v) is 4.38. The molecule has 30 heavy (non-hydrogen) atoms. The number of aliphatic hydroxyl groups is 4.